The number of ether oxygens (including phenoxy) is 2. The van der Waals surface area contributed by atoms with Gasteiger partial charge in [0.1, 0.15) is 18.5 Å². The monoisotopic (exact) mass is 256 g/mol. The molecule has 0 N–H and O–H groups in total. The minimum atomic E-state index is 0.207. The second-order valence-corrected chi connectivity index (χ2v) is 3.98. The van der Waals surface area contributed by atoms with Gasteiger partial charge < -0.3 is 9.47 Å². The number of aldehydes is 1. The lowest BCUT2D eigenvalue weighted by molar-refractivity contribution is 0.111. The van der Waals surface area contributed by atoms with Gasteiger partial charge >= 0.3 is 0 Å². The quantitative estimate of drug-likeness (QED) is 0.612. The molecule has 1 aromatic rings. The molecule has 2 rings (SSSR count). The van der Waals surface area contributed by atoms with Gasteiger partial charge in [-0.25, -0.2) is 0 Å². The normalized spacial score (nSPS) is 19.1. The highest BCUT2D eigenvalue weighted by Gasteiger charge is 2.23. The lowest BCUT2D eigenvalue weighted by atomic mass is 10.2. The number of hydrogen-bond acceptors (Lipinski definition) is 3. The third-order valence-electron chi connectivity index (χ3n) is 1.93. The summed E-state index contributed by atoms with van der Waals surface area (Å²) in [5.41, 5.74) is 0.556. The largest absolute Gasteiger partial charge is 0.490 e. The lowest BCUT2D eigenvalue weighted by Crippen LogP contribution is -2.05. The van der Waals surface area contributed by atoms with Crippen molar-refractivity contribution in [2.75, 3.05) is 13.2 Å². The molecule has 3 nitrogen and oxygen atoms in total. The van der Waals surface area contributed by atoms with Crippen LogP contribution in [0, 0.1) is 0 Å². The van der Waals surface area contributed by atoms with Crippen LogP contribution in [0.2, 0.25) is 0 Å². The average molecular weight is 257 g/mol. The molecule has 1 atom stereocenters. The van der Waals surface area contributed by atoms with Crippen molar-refractivity contribution < 1.29 is 14.3 Å². The van der Waals surface area contributed by atoms with Gasteiger partial charge in [-0.15, -0.1) is 0 Å². The van der Waals surface area contributed by atoms with Crippen molar-refractivity contribution in [3.8, 4) is 5.75 Å². The van der Waals surface area contributed by atoms with Crippen LogP contribution in [0.5, 0.6) is 5.75 Å². The van der Waals surface area contributed by atoms with Crippen LogP contribution in [-0.2, 0) is 4.74 Å². The number of benzene rings is 1. The Morgan fingerprint density at radius 2 is 2.43 bits per heavy atom. The first-order valence-electron chi connectivity index (χ1n) is 4.29. The Kier molecular flexibility index (Phi) is 2.84. The molecule has 4 heteroatoms. The first kappa shape index (κ1) is 9.68. The third-order valence-corrected chi connectivity index (χ3v) is 2.42. The standard InChI is InChI=1S/C10H9BrO3/c11-8-1-2-10(7(3-8)4-12)14-6-9-5-13-9/h1-4,9H,5-6H2/t9-/m1/s1. The van der Waals surface area contributed by atoms with Crippen molar-refractivity contribution in [2.24, 2.45) is 0 Å². The molecular weight excluding hydrogens is 248 g/mol. The number of epoxide rings is 1. The molecule has 0 spiro atoms. The Balaban J connectivity index is 2.09. The van der Waals surface area contributed by atoms with E-state index in [-0.39, 0.29) is 6.10 Å². The molecule has 1 saturated heterocycles. The van der Waals surface area contributed by atoms with Crippen molar-refractivity contribution >= 4 is 22.2 Å². The summed E-state index contributed by atoms with van der Waals surface area (Å²) in [6.45, 7) is 1.27. The number of carbonyl (C=O) groups excluding carboxylic acids is 1. The summed E-state index contributed by atoms with van der Waals surface area (Å²) >= 11 is 3.29. The van der Waals surface area contributed by atoms with E-state index in [4.69, 9.17) is 9.47 Å². The Hall–Kier alpha value is -0.870. The summed E-state index contributed by atoms with van der Waals surface area (Å²) in [7, 11) is 0. The predicted octanol–water partition coefficient (Wildman–Crippen LogP) is 2.04. The summed E-state index contributed by atoms with van der Waals surface area (Å²) < 4.78 is 11.3. The van der Waals surface area contributed by atoms with Crippen LogP contribution in [0.3, 0.4) is 0 Å². The number of halogens is 1. The van der Waals surface area contributed by atoms with E-state index < -0.39 is 0 Å². The highest BCUT2D eigenvalue weighted by atomic mass is 79.9. The number of hydrogen-bond donors (Lipinski definition) is 0. The van der Waals surface area contributed by atoms with Crippen LogP contribution in [0.15, 0.2) is 22.7 Å². The molecule has 1 heterocycles. The maximum atomic E-state index is 10.7. The summed E-state index contributed by atoms with van der Waals surface area (Å²) in [5.74, 6) is 0.610. The molecule has 1 aromatic carbocycles. The van der Waals surface area contributed by atoms with Gasteiger partial charge in [0, 0.05) is 4.47 Å². The van der Waals surface area contributed by atoms with E-state index in [0.29, 0.717) is 17.9 Å². The lowest BCUT2D eigenvalue weighted by Gasteiger charge is -2.06. The first-order chi connectivity index (χ1) is 6.79. The van der Waals surface area contributed by atoms with Crippen LogP contribution < -0.4 is 4.74 Å². The molecule has 0 aromatic heterocycles. The molecule has 74 valence electrons. The Morgan fingerprint density at radius 1 is 1.64 bits per heavy atom. The van der Waals surface area contributed by atoms with Gasteiger partial charge in [-0.3, -0.25) is 4.79 Å². The molecule has 1 fully saturated rings. The van der Waals surface area contributed by atoms with E-state index in [9.17, 15) is 4.79 Å². The van der Waals surface area contributed by atoms with Crippen LogP contribution in [0.4, 0.5) is 0 Å². The second kappa shape index (κ2) is 4.11. The SMILES string of the molecule is O=Cc1cc(Br)ccc1OC[C@H]1CO1. The number of rotatable bonds is 4. The van der Waals surface area contributed by atoms with Gasteiger partial charge in [0.25, 0.3) is 0 Å². The van der Waals surface area contributed by atoms with Gasteiger partial charge in [0.05, 0.1) is 12.2 Å². The molecule has 0 aliphatic carbocycles. The van der Waals surface area contributed by atoms with Gasteiger partial charge in [0.15, 0.2) is 6.29 Å². The van der Waals surface area contributed by atoms with Gasteiger partial charge in [-0.1, -0.05) is 15.9 Å². The van der Waals surface area contributed by atoms with Crippen LogP contribution >= 0.6 is 15.9 Å². The van der Waals surface area contributed by atoms with Crippen LogP contribution in [-0.4, -0.2) is 25.6 Å². The van der Waals surface area contributed by atoms with Gasteiger partial charge in [-0.2, -0.15) is 0 Å². The topological polar surface area (TPSA) is 38.8 Å². The summed E-state index contributed by atoms with van der Waals surface area (Å²) in [6, 6.07) is 5.35. The van der Waals surface area contributed by atoms with Crippen LogP contribution in [0.1, 0.15) is 10.4 Å². The van der Waals surface area contributed by atoms with E-state index in [1.165, 1.54) is 0 Å². The van der Waals surface area contributed by atoms with Gasteiger partial charge in [0.2, 0.25) is 0 Å². The second-order valence-electron chi connectivity index (χ2n) is 3.07. The van der Waals surface area contributed by atoms with E-state index in [0.717, 1.165) is 17.4 Å². The highest BCUT2D eigenvalue weighted by molar-refractivity contribution is 9.10. The highest BCUT2D eigenvalue weighted by Crippen LogP contribution is 2.22. The Labute approximate surface area is 90.1 Å². The van der Waals surface area contributed by atoms with E-state index in [1.54, 1.807) is 12.1 Å². The zero-order chi connectivity index (χ0) is 9.97. The smallest absolute Gasteiger partial charge is 0.153 e. The molecule has 0 bridgehead atoms. The van der Waals surface area contributed by atoms with Crippen molar-refractivity contribution in [1.29, 1.82) is 0 Å². The maximum absolute atomic E-state index is 10.7. The van der Waals surface area contributed by atoms with E-state index in [2.05, 4.69) is 15.9 Å². The molecule has 0 unspecified atom stereocenters. The fraction of sp³-hybridized carbons (Fsp3) is 0.300. The molecule has 0 amide bonds. The maximum Gasteiger partial charge on any atom is 0.153 e. The molecule has 1 aliphatic heterocycles. The fourth-order valence-electron chi connectivity index (χ4n) is 1.09. The number of carbonyl (C=O) groups is 1. The molecule has 1 aliphatic rings. The van der Waals surface area contributed by atoms with Crippen LogP contribution in [0.25, 0.3) is 0 Å². The van der Waals surface area contributed by atoms with E-state index >= 15 is 0 Å². The predicted molar refractivity (Wildman–Crippen MR) is 54.8 cm³/mol. The Bertz CT molecular complexity index is 347. The summed E-state index contributed by atoms with van der Waals surface area (Å²) in [5, 5.41) is 0. The molecule has 0 radical (unpaired) electrons. The molecule has 0 saturated carbocycles. The Morgan fingerprint density at radius 3 is 3.07 bits per heavy atom. The van der Waals surface area contributed by atoms with Crippen molar-refractivity contribution in [3.63, 3.8) is 0 Å². The minimum Gasteiger partial charge on any atom is -0.490 e. The summed E-state index contributed by atoms with van der Waals surface area (Å²) in [6.07, 6.45) is 0.992. The first-order valence-corrected chi connectivity index (χ1v) is 5.08. The van der Waals surface area contributed by atoms with Crippen molar-refractivity contribution in [2.45, 2.75) is 6.10 Å². The molecule has 14 heavy (non-hydrogen) atoms. The fourth-order valence-corrected chi connectivity index (χ4v) is 1.47. The van der Waals surface area contributed by atoms with Crippen molar-refractivity contribution in [1.82, 2.24) is 0 Å². The van der Waals surface area contributed by atoms with Gasteiger partial charge in [-0.05, 0) is 18.2 Å². The van der Waals surface area contributed by atoms with E-state index in [1.807, 2.05) is 6.07 Å². The zero-order valence-electron chi connectivity index (χ0n) is 7.40. The summed E-state index contributed by atoms with van der Waals surface area (Å²) in [4.78, 5) is 10.7. The third kappa shape index (κ3) is 2.33. The molecular formula is C10H9BrO3. The minimum absolute atomic E-state index is 0.207. The zero-order valence-corrected chi connectivity index (χ0v) is 8.99. The average Bonchev–Trinajstić information content (AvgIpc) is 2.99. The van der Waals surface area contributed by atoms with Crippen molar-refractivity contribution in [3.05, 3.63) is 28.2 Å².